The summed E-state index contributed by atoms with van der Waals surface area (Å²) in [6.07, 6.45) is 0. The largest absolute Gasteiger partial charge is 0.465 e. The molecule has 0 N–H and O–H groups in total. The van der Waals surface area contributed by atoms with Crippen LogP contribution in [0.2, 0.25) is 24.0 Å². The number of carbonyl (C=O) groups excluding carboxylic acids is 1. The van der Waals surface area contributed by atoms with E-state index in [9.17, 15) is 4.79 Å². The maximum atomic E-state index is 11.5. The smallest absolute Gasteiger partial charge is 0.341 e. The van der Waals surface area contributed by atoms with Gasteiger partial charge in [0.1, 0.15) is 18.0 Å². The average Bonchev–Trinajstić information content (AvgIpc) is 2.54. The van der Waals surface area contributed by atoms with E-state index in [0.29, 0.717) is 15.5 Å². The highest BCUT2D eigenvalue weighted by Gasteiger charge is 2.17. The Kier molecular flexibility index (Phi) is 4.19. The number of esters is 1. The zero-order valence-electron chi connectivity index (χ0n) is 9.68. The third-order valence-corrected chi connectivity index (χ3v) is 3.80. The third-order valence-electron chi connectivity index (χ3n) is 1.71. The first-order valence-electron chi connectivity index (χ1n) is 4.73. The molecule has 0 saturated carbocycles. The Balaban J connectivity index is 3.15. The van der Waals surface area contributed by atoms with E-state index in [1.807, 2.05) is 0 Å². The lowest BCUT2D eigenvalue weighted by Gasteiger charge is -2.03. The summed E-state index contributed by atoms with van der Waals surface area (Å²) in [6, 6.07) is 0. The van der Waals surface area contributed by atoms with Gasteiger partial charge < -0.3 is 4.74 Å². The quantitative estimate of drug-likeness (QED) is 0.445. The van der Waals surface area contributed by atoms with Crippen LogP contribution < -0.4 is 0 Å². The van der Waals surface area contributed by atoms with Crippen LogP contribution in [0.3, 0.4) is 0 Å². The van der Waals surface area contributed by atoms with Crippen LogP contribution in [-0.4, -0.2) is 21.2 Å². The molecule has 0 unspecified atom stereocenters. The topological polar surface area (TPSA) is 26.3 Å². The fourth-order valence-electron chi connectivity index (χ4n) is 0.973. The molecule has 0 spiro atoms. The van der Waals surface area contributed by atoms with Crippen LogP contribution in [0.25, 0.3) is 0 Å². The summed E-state index contributed by atoms with van der Waals surface area (Å²) in [5.74, 6) is 2.60. The number of rotatable bonds is 1. The van der Waals surface area contributed by atoms with E-state index in [-0.39, 0.29) is 0 Å². The van der Waals surface area contributed by atoms with Gasteiger partial charge in [-0.25, -0.2) is 4.79 Å². The molecule has 16 heavy (non-hydrogen) atoms. The zero-order valence-corrected chi connectivity index (χ0v) is 12.3. The van der Waals surface area contributed by atoms with Crippen molar-refractivity contribution in [3.8, 4) is 11.5 Å². The summed E-state index contributed by atoms with van der Waals surface area (Å²) in [6.45, 7) is 6.43. The molecule has 1 rings (SSSR count). The molecule has 0 aliphatic carbocycles. The number of methoxy groups -OCH3 is 1. The van der Waals surface area contributed by atoms with Gasteiger partial charge >= 0.3 is 5.97 Å². The third kappa shape index (κ3) is 3.37. The van der Waals surface area contributed by atoms with Gasteiger partial charge in [-0.05, 0) is 0 Å². The molecule has 1 aromatic heterocycles. The minimum Gasteiger partial charge on any atom is -0.465 e. The Hall–Kier alpha value is -0.763. The molecular weight excluding hydrogens is 260 g/mol. The van der Waals surface area contributed by atoms with Gasteiger partial charge in [0.15, 0.2) is 0 Å². The second kappa shape index (κ2) is 5.04. The molecule has 0 fully saturated rings. The first-order chi connectivity index (χ1) is 7.35. The van der Waals surface area contributed by atoms with Crippen molar-refractivity contribution in [1.29, 1.82) is 0 Å². The minimum absolute atomic E-state index is 0.389. The Bertz CT molecular complexity index is 463. The Labute approximate surface area is 106 Å². The van der Waals surface area contributed by atoms with Crippen molar-refractivity contribution in [2.45, 2.75) is 19.6 Å². The van der Waals surface area contributed by atoms with Crippen LogP contribution in [0.4, 0.5) is 0 Å². The number of hydrogen-bond acceptors (Lipinski definition) is 3. The maximum Gasteiger partial charge on any atom is 0.341 e. The lowest BCUT2D eigenvalue weighted by molar-refractivity contribution is 0.0601. The molecule has 0 saturated heterocycles. The second-order valence-corrected chi connectivity index (χ2v) is 10.5. The fraction of sp³-hybridized carbons (Fsp3) is 0.364. The van der Waals surface area contributed by atoms with Crippen molar-refractivity contribution < 1.29 is 9.53 Å². The van der Waals surface area contributed by atoms with Crippen LogP contribution in [0.15, 0.2) is 5.38 Å². The molecule has 1 aromatic rings. The van der Waals surface area contributed by atoms with Crippen molar-refractivity contribution >= 4 is 37.0 Å². The van der Waals surface area contributed by atoms with Gasteiger partial charge in [-0.3, -0.25) is 0 Å². The Morgan fingerprint density at radius 3 is 2.62 bits per heavy atom. The zero-order chi connectivity index (χ0) is 12.3. The predicted molar refractivity (Wildman–Crippen MR) is 70.9 cm³/mol. The van der Waals surface area contributed by atoms with E-state index < -0.39 is 14.0 Å². The van der Waals surface area contributed by atoms with Gasteiger partial charge in [0, 0.05) is 5.38 Å². The highest BCUT2D eigenvalue weighted by molar-refractivity contribution is 7.15. The number of ether oxygens (including phenoxy) is 1. The molecule has 1 heterocycles. The number of carbonyl (C=O) groups is 1. The summed E-state index contributed by atoms with van der Waals surface area (Å²) in [4.78, 5) is 11.5. The van der Waals surface area contributed by atoms with Crippen molar-refractivity contribution in [2.75, 3.05) is 7.11 Å². The number of thiophene rings is 1. The predicted octanol–water partition coefficient (Wildman–Crippen LogP) is 3.42. The SMILES string of the molecule is COC(=O)c1c(C#C[Si](C)(C)C)csc1Cl. The van der Waals surface area contributed by atoms with Gasteiger partial charge in [-0.1, -0.05) is 37.2 Å². The van der Waals surface area contributed by atoms with E-state index in [1.54, 1.807) is 5.38 Å². The normalized spacial score (nSPS) is 10.6. The van der Waals surface area contributed by atoms with E-state index in [0.717, 1.165) is 0 Å². The summed E-state index contributed by atoms with van der Waals surface area (Å²) < 4.78 is 5.11. The van der Waals surface area contributed by atoms with Crippen molar-refractivity contribution in [2.24, 2.45) is 0 Å². The van der Waals surface area contributed by atoms with Crippen LogP contribution in [-0.2, 0) is 4.74 Å². The van der Waals surface area contributed by atoms with Gasteiger partial charge in [0.25, 0.3) is 0 Å². The molecule has 0 aromatic carbocycles. The van der Waals surface area contributed by atoms with E-state index in [2.05, 4.69) is 35.8 Å². The van der Waals surface area contributed by atoms with Gasteiger partial charge in [0.2, 0.25) is 0 Å². The molecule has 86 valence electrons. The van der Waals surface area contributed by atoms with Gasteiger partial charge in [-0.15, -0.1) is 16.9 Å². The summed E-state index contributed by atoms with van der Waals surface area (Å²) in [5.41, 5.74) is 4.26. The first-order valence-corrected chi connectivity index (χ1v) is 9.49. The van der Waals surface area contributed by atoms with E-state index >= 15 is 0 Å². The molecule has 2 nitrogen and oxygen atoms in total. The highest BCUT2D eigenvalue weighted by Crippen LogP contribution is 2.27. The highest BCUT2D eigenvalue weighted by atomic mass is 35.5. The van der Waals surface area contributed by atoms with Crippen LogP contribution in [0.5, 0.6) is 0 Å². The lowest BCUT2D eigenvalue weighted by Crippen LogP contribution is -2.16. The van der Waals surface area contributed by atoms with Crippen LogP contribution in [0, 0.1) is 11.5 Å². The fourth-order valence-corrected chi connectivity index (χ4v) is 2.50. The van der Waals surface area contributed by atoms with Crippen LogP contribution >= 0.6 is 22.9 Å². The average molecular weight is 273 g/mol. The molecule has 5 heteroatoms. The summed E-state index contributed by atoms with van der Waals surface area (Å²) in [7, 11) is -0.111. The van der Waals surface area contributed by atoms with Crippen molar-refractivity contribution in [3.63, 3.8) is 0 Å². The van der Waals surface area contributed by atoms with Gasteiger partial charge in [-0.2, -0.15) is 0 Å². The number of halogens is 1. The Morgan fingerprint density at radius 2 is 2.12 bits per heavy atom. The number of hydrogen-bond donors (Lipinski definition) is 0. The molecule has 0 aliphatic rings. The van der Waals surface area contributed by atoms with Crippen molar-refractivity contribution in [1.82, 2.24) is 0 Å². The van der Waals surface area contributed by atoms with E-state index in [1.165, 1.54) is 18.4 Å². The molecule has 0 aliphatic heterocycles. The lowest BCUT2D eigenvalue weighted by atomic mass is 10.2. The second-order valence-electron chi connectivity index (χ2n) is 4.29. The maximum absolute atomic E-state index is 11.5. The molecular formula is C11H13ClO2SSi. The van der Waals surface area contributed by atoms with Gasteiger partial charge in [0.05, 0.1) is 12.7 Å². The first kappa shape index (κ1) is 13.3. The summed E-state index contributed by atoms with van der Waals surface area (Å²) >= 11 is 7.23. The monoisotopic (exact) mass is 272 g/mol. The van der Waals surface area contributed by atoms with E-state index in [4.69, 9.17) is 11.6 Å². The Morgan fingerprint density at radius 1 is 1.50 bits per heavy atom. The summed E-state index contributed by atoms with van der Waals surface area (Å²) in [5, 5.41) is 1.79. The molecule has 0 bridgehead atoms. The van der Waals surface area contributed by atoms with Crippen molar-refractivity contribution in [3.05, 3.63) is 20.8 Å². The molecule has 0 amide bonds. The van der Waals surface area contributed by atoms with Crippen LogP contribution in [0.1, 0.15) is 15.9 Å². The standard InChI is InChI=1S/C11H13ClO2SSi/c1-14-11(13)9-8(7-15-10(9)12)5-6-16(2,3)4/h7H,1-4H3. The minimum atomic E-state index is -1.45. The molecule has 0 atom stereocenters. The molecule has 0 radical (unpaired) electrons.